The number of carbonyl (C=O) groups excluding carboxylic acids is 1. The summed E-state index contributed by atoms with van der Waals surface area (Å²) in [6, 6.07) is 5.91. The molecule has 1 aromatic heterocycles. The van der Waals surface area contributed by atoms with Gasteiger partial charge in [-0.2, -0.15) is 0 Å². The van der Waals surface area contributed by atoms with Crippen LogP contribution in [-0.2, 0) is 16.0 Å². The molecule has 1 aromatic rings. The normalized spacial score (nSPS) is 14.1. The van der Waals surface area contributed by atoms with Crippen molar-refractivity contribution in [3.8, 4) is 0 Å². The molecule has 0 spiro atoms. The molecule has 1 heterocycles. The topological polar surface area (TPSA) is 54.5 Å². The molecule has 112 valence electrons. The van der Waals surface area contributed by atoms with Crippen LogP contribution < -0.4 is 5.32 Å². The summed E-state index contributed by atoms with van der Waals surface area (Å²) in [6.07, 6.45) is 2.66. The van der Waals surface area contributed by atoms with Gasteiger partial charge in [0.2, 0.25) is 0 Å². The van der Waals surface area contributed by atoms with E-state index in [1.165, 1.54) is 7.11 Å². The zero-order valence-corrected chi connectivity index (χ0v) is 12.8. The van der Waals surface area contributed by atoms with Gasteiger partial charge in [0.15, 0.2) is 0 Å². The first kappa shape index (κ1) is 16.6. The highest BCUT2D eigenvalue weighted by Gasteiger charge is 2.34. The number of carbonyl (C=O) groups is 1. The first-order chi connectivity index (χ1) is 9.51. The molecule has 0 saturated heterocycles. The Kier molecular flexibility index (Phi) is 6.61. The molecule has 1 unspecified atom stereocenters. The molecule has 0 radical (unpaired) electrons. The Balaban J connectivity index is 2.54. The van der Waals surface area contributed by atoms with Gasteiger partial charge in [0.05, 0.1) is 7.11 Å². The third-order valence-electron chi connectivity index (χ3n) is 3.26. The van der Waals surface area contributed by atoms with Crippen LogP contribution in [0.1, 0.15) is 19.5 Å². The molecule has 5 heteroatoms. The lowest BCUT2D eigenvalue weighted by atomic mass is 10.0. The predicted octanol–water partition coefficient (Wildman–Crippen LogP) is 1.10. The second kappa shape index (κ2) is 7.97. The Morgan fingerprint density at radius 1 is 1.50 bits per heavy atom. The molecule has 1 N–H and O–H groups in total. The summed E-state index contributed by atoms with van der Waals surface area (Å²) in [4.78, 5) is 18.3. The SMILES string of the molecule is CCNC(C)(CN(C)CCc1ccccn1)C(=O)OC. The Hall–Kier alpha value is -1.46. The lowest BCUT2D eigenvalue weighted by Gasteiger charge is -2.32. The van der Waals surface area contributed by atoms with E-state index in [9.17, 15) is 4.79 Å². The van der Waals surface area contributed by atoms with E-state index in [2.05, 4.69) is 15.2 Å². The van der Waals surface area contributed by atoms with Gasteiger partial charge in [-0.05, 0) is 32.6 Å². The predicted molar refractivity (Wildman–Crippen MR) is 79.5 cm³/mol. The number of nitrogens with zero attached hydrogens (tertiary/aromatic N) is 2. The maximum Gasteiger partial charge on any atom is 0.327 e. The largest absolute Gasteiger partial charge is 0.468 e. The van der Waals surface area contributed by atoms with Crippen LogP contribution in [-0.4, -0.2) is 55.2 Å². The maximum atomic E-state index is 11.9. The fourth-order valence-electron chi connectivity index (χ4n) is 2.28. The Labute approximate surface area is 121 Å². The van der Waals surface area contributed by atoms with Crippen LogP contribution in [0.5, 0.6) is 0 Å². The van der Waals surface area contributed by atoms with Crippen LogP contribution in [0.2, 0.25) is 0 Å². The number of esters is 1. The molecule has 0 saturated carbocycles. The van der Waals surface area contributed by atoms with E-state index < -0.39 is 5.54 Å². The summed E-state index contributed by atoms with van der Waals surface area (Å²) >= 11 is 0. The first-order valence-corrected chi connectivity index (χ1v) is 6.93. The fraction of sp³-hybridized carbons (Fsp3) is 0.600. The summed E-state index contributed by atoms with van der Waals surface area (Å²) < 4.78 is 4.89. The van der Waals surface area contributed by atoms with Gasteiger partial charge in [-0.25, -0.2) is 0 Å². The zero-order valence-electron chi connectivity index (χ0n) is 12.8. The minimum atomic E-state index is -0.678. The highest BCUT2D eigenvalue weighted by atomic mass is 16.5. The van der Waals surface area contributed by atoms with Gasteiger partial charge in [0.1, 0.15) is 5.54 Å². The average molecular weight is 279 g/mol. The van der Waals surface area contributed by atoms with E-state index >= 15 is 0 Å². The van der Waals surface area contributed by atoms with E-state index in [0.29, 0.717) is 6.54 Å². The number of nitrogens with one attached hydrogen (secondary N) is 1. The number of hydrogen-bond acceptors (Lipinski definition) is 5. The molecule has 1 atom stereocenters. The molecule has 0 aliphatic rings. The molecule has 1 rings (SSSR count). The monoisotopic (exact) mass is 279 g/mol. The zero-order chi connectivity index (χ0) is 15.0. The standard InChI is InChI=1S/C15H25N3O2/c1-5-17-15(2,14(19)20-4)12-18(3)11-9-13-8-6-7-10-16-13/h6-8,10,17H,5,9,11-12H2,1-4H3. The molecule has 0 aliphatic carbocycles. The van der Waals surface area contributed by atoms with Gasteiger partial charge in [0.25, 0.3) is 0 Å². The summed E-state index contributed by atoms with van der Waals surface area (Å²) in [5.74, 6) is -0.232. The lowest BCUT2D eigenvalue weighted by molar-refractivity contribution is -0.148. The molecular formula is C15H25N3O2. The lowest BCUT2D eigenvalue weighted by Crippen LogP contribution is -2.57. The van der Waals surface area contributed by atoms with Crippen molar-refractivity contribution in [2.24, 2.45) is 0 Å². The van der Waals surface area contributed by atoms with Crippen LogP contribution in [0.25, 0.3) is 0 Å². The summed E-state index contributed by atoms with van der Waals surface area (Å²) in [5.41, 5.74) is 0.380. The molecule has 0 amide bonds. The van der Waals surface area contributed by atoms with Crippen molar-refractivity contribution in [2.75, 3.05) is 33.8 Å². The first-order valence-electron chi connectivity index (χ1n) is 6.93. The van der Waals surface area contributed by atoms with Crippen LogP contribution in [0.4, 0.5) is 0 Å². The molecule has 0 aliphatic heterocycles. The number of ether oxygens (including phenoxy) is 1. The van der Waals surface area contributed by atoms with Crippen LogP contribution >= 0.6 is 0 Å². The number of likely N-dealkylation sites (N-methyl/N-ethyl adjacent to an activating group) is 2. The van der Waals surface area contributed by atoms with Crippen molar-refractivity contribution in [1.29, 1.82) is 0 Å². The van der Waals surface area contributed by atoms with Crippen molar-refractivity contribution in [3.05, 3.63) is 30.1 Å². The van der Waals surface area contributed by atoms with Gasteiger partial charge in [-0.15, -0.1) is 0 Å². The molecule has 0 fully saturated rings. The van der Waals surface area contributed by atoms with Gasteiger partial charge >= 0.3 is 5.97 Å². The maximum absolute atomic E-state index is 11.9. The van der Waals surface area contributed by atoms with E-state index in [1.807, 2.05) is 39.1 Å². The Bertz CT molecular complexity index is 411. The van der Waals surface area contributed by atoms with E-state index in [-0.39, 0.29) is 5.97 Å². The molecular weight excluding hydrogens is 254 g/mol. The number of pyridine rings is 1. The number of aromatic nitrogens is 1. The summed E-state index contributed by atoms with van der Waals surface area (Å²) in [7, 11) is 3.42. The average Bonchev–Trinajstić information content (AvgIpc) is 2.45. The van der Waals surface area contributed by atoms with Crippen LogP contribution in [0.15, 0.2) is 24.4 Å². The van der Waals surface area contributed by atoms with E-state index in [0.717, 1.165) is 25.2 Å². The number of methoxy groups -OCH3 is 1. The Morgan fingerprint density at radius 3 is 2.80 bits per heavy atom. The highest BCUT2D eigenvalue weighted by molar-refractivity contribution is 5.80. The fourth-order valence-corrected chi connectivity index (χ4v) is 2.28. The van der Waals surface area contributed by atoms with Gasteiger partial charge < -0.3 is 15.0 Å². The van der Waals surface area contributed by atoms with E-state index in [1.54, 1.807) is 6.20 Å². The Morgan fingerprint density at radius 2 is 2.25 bits per heavy atom. The third-order valence-corrected chi connectivity index (χ3v) is 3.26. The smallest absolute Gasteiger partial charge is 0.327 e. The van der Waals surface area contributed by atoms with Gasteiger partial charge in [0, 0.05) is 31.4 Å². The van der Waals surface area contributed by atoms with Gasteiger partial charge in [-0.3, -0.25) is 9.78 Å². The molecule has 0 bridgehead atoms. The second-order valence-corrected chi connectivity index (χ2v) is 5.16. The quantitative estimate of drug-likeness (QED) is 0.722. The highest BCUT2D eigenvalue weighted by Crippen LogP contribution is 2.09. The van der Waals surface area contributed by atoms with Gasteiger partial charge in [-0.1, -0.05) is 13.0 Å². The van der Waals surface area contributed by atoms with Crippen LogP contribution in [0, 0.1) is 0 Å². The van der Waals surface area contributed by atoms with Crippen molar-refractivity contribution < 1.29 is 9.53 Å². The third kappa shape index (κ3) is 4.90. The van der Waals surface area contributed by atoms with E-state index in [4.69, 9.17) is 4.74 Å². The van der Waals surface area contributed by atoms with Crippen molar-refractivity contribution in [2.45, 2.75) is 25.8 Å². The molecule has 0 aromatic carbocycles. The van der Waals surface area contributed by atoms with Crippen molar-refractivity contribution in [3.63, 3.8) is 0 Å². The minimum absolute atomic E-state index is 0.232. The van der Waals surface area contributed by atoms with Crippen molar-refractivity contribution in [1.82, 2.24) is 15.2 Å². The summed E-state index contributed by atoms with van der Waals surface area (Å²) in [6.45, 7) is 6.02. The number of hydrogen-bond donors (Lipinski definition) is 1. The minimum Gasteiger partial charge on any atom is -0.468 e. The molecule has 20 heavy (non-hydrogen) atoms. The second-order valence-electron chi connectivity index (χ2n) is 5.16. The number of rotatable bonds is 8. The molecule has 5 nitrogen and oxygen atoms in total. The summed E-state index contributed by atoms with van der Waals surface area (Å²) in [5, 5.41) is 3.21. The van der Waals surface area contributed by atoms with Crippen molar-refractivity contribution >= 4 is 5.97 Å². The van der Waals surface area contributed by atoms with Crippen LogP contribution in [0.3, 0.4) is 0 Å².